The van der Waals surface area contributed by atoms with E-state index in [0.717, 1.165) is 12.0 Å². The SMILES string of the molecule is CC(C)C[C@@H](NC(=O)C(CS)CCc1ccccc1)C(=O)NCc1ccccc1. The molecule has 0 saturated carbocycles. The summed E-state index contributed by atoms with van der Waals surface area (Å²) in [5.41, 5.74) is 2.23. The molecule has 2 amide bonds. The van der Waals surface area contributed by atoms with Crippen molar-refractivity contribution in [3.8, 4) is 0 Å². The van der Waals surface area contributed by atoms with Crippen LogP contribution in [0.25, 0.3) is 0 Å². The third kappa shape index (κ3) is 8.32. The Bertz CT molecular complexity index is 750. The number of amides is 2. The fraction of sp³-hybridized carbons (Fsp3) is 0.417. The monoisotopic (exact) mass is 412 g/mol. The maximum Gasteiger partial charge on any atom is 0.242 e. The molecule has 2 aromatic rings. The minimum absolute atomic E-state index is 0.101. The lowest BCUT2D eigenvalue weighted by molar-refractivity contribution is -0.131. The molecule has 156 valence electrons. The third-order valence-corrected chi connectivity index (χ3v) is 5.31. The number of carbonyl (C=O) groups excluding carboxylic acids is 2. The van der Waals surface area contributed by atoms with Crippen LogP contribution in [0.15, 0.2) is 60.7 Å². The number of thiol groups is 1. The Morgan fingerprint density at radius 2 is 1.48 bits per heavy atom. The molecule has 0 saturated heterocycles. The van der Waals surface area contributed by atoms with Crippen molar-refractivity contribution < 1.29 is 9.59 Å². The average Bonchev–Trinajstić information content (AvgIpc) is 2.73. The first-order chi connectivity index (χ1) is 14.0. The zero-order chi connectivity index (χ0) is 21.1. The smallest absolute Gasteiger partial charge is 0.242 e. The summed E-state index contributed by atoms with van der Waals surface area (Å²) >= 11 is 4.37. The van der Waals surface area contributed by atoms with Gasteiger partial charge in [0.2, 0.25) is 11.8 Å². The van der Waals surface area contributed by atoms with Gasteiger partial charge in [-0.05, 0) is 36.3 Å². The molecule has 29 heavy (non-hydrogen) atoms. The Morgan fingerprint density at radius 1 is 0.897 bits per heavy atom. The molecule has 2 N–H and O–H groups in total. The van der Waals surface area contributed by atoms with E-state index in [1.165, 1.54) is 5.56 Å². The van der Waals surface area contributed by atoms with Gasteiger partial charge in [0.05, 0.1) is 0 Å². The van der Waals surface area contributed by atoms with Crippen LogP contribution in [0.4, 0.5) is 0 Å². The molecule has 0 aliphatic heterocycles. The summed E-state index contributed by atoms with van der Waals surface area (Å²) in [5, 5.41) is 5.92. The lowest BCUT2D eigenvalue weighted by Gasteiger charge is -2.23. The molecular weight excluding hydrogens is 380 g/mol. The van der Waals surface area contributed by atoms with E-state index in [9.17, 15) is 9.59 Å². The fourth-order valence-electron chi connectivity index (χ4n) is 3.19. The molecule has 4 nitrogen and oxygen atoms in total. The number of rotatable bonds is 11. The van der Waals surface area contributed by atoms with Crippen molar-refractivity contribution in [2.45, 2.75) is 45.7 Å². The highest BCUT2D eigenvalue weighted by atomic mass is 32.1. The van der Waals surface area contributed by atoms with Gasteiger partial charge in [-0.1, -0.05) is 74.5 Å². The van der Waals surface area contributed by atoms with Crippen LogP contribution in [-0.2, 0) is 22.6 Å². The second kappa shape index (κ2) is 12.3. The molecule has 0 aliphatic carbocycles. The maximum absolute atomic E-state index is 12.8. The minimum Gasteiger partial charge on any atom is -0.350 e. The summed E-state index contributed by atoms with van der Waals surface area (Å²) in [6, 6.07) is 19.3. The number of carbonyl (C=O) groups is 2. The van der Waals surface area contributed by atoms with Crippen LogP contribution >= 0.6 is 12.6 Å². The normalized spacial score (nSPS) is 13.0. The molecule has 2 atom stereocenters. The molecule has 2 aromatic carbocycles. The predicted octanol–water partition coefficient (Wildman–Crippen LogP) is 4.01. The minimum atomic E-state index is -0.537. The first-order valence-electron chi connectivity index (χ1n) is 10.3. The number of nitrogens with one attached hydrogen (secondary N) is 2. The number of aryl methyl sites for hydroxylation is 1. The van der Waals surface area contributed by atoms with Crippen LogP contribution in [0, 0.1) is 11.8 Å². The van der Waals surface area contributed by atoms with Gasteiger partial charge < -0.3 is 10.6 Å². The average molecular weight is 413 g/mol. The zero-order valence-electron chi connectivity index (χ0n) is 17.3. The van der Waals surface area contributed by atoms with Crippen LogP contribution in [-0.4, -0.2) is 23.6 Å². The molecule has 0 radical (unpaired) electrons. The summed E-state index contributed by atoms with van der Waals surface area (Å²) in [7, 11) is 0. The fourth-order valence-corrected chi connectivity index (χ4v) is 3.54. The van der Waals surface area contributed by atoms with Crippen molar-refractivity contribution in [3.05, 3.63) is 71.8 Å². The molecule has 5 heteroatoms. The van der Waals surface area contributed by atoms with Crippen molar-refractivity contribution in [2.75, 3.05) is 5.75 Å². The first kappa shape index (κ1) is 23.0. The highest BCUT2D eigenvalue weighted by Crippen LogP contribution is 2.14. The van der Waals surface area contributed by atoms with E-state index in [2.05, 4.69) is 49.2 Å². The Labute approximate surface area is 179 Å². The first-order valence-corrected chi connectivity index (χ1v) is 10.9. The lowest BCUT2D eigenvalue weighted by Crippen LogP contribution is -2.49. The van der Waals surface area contributed by atoms with Crippen molar-refractivity contribution in [3.63, 3.8) is 0 Å². The van der Waals surface area contributed by atoms with E-state index in [0.29, 0.717) is 31.1 Å². The van der Waals surface area contributed by atoms with E-state index in [1.54, 1.807) is 0 Å². The molecule has 0 spiro atoms. The van der Waals surface area contributed by atoms with Gasteiger partial charge in [-0.15, -0.1) is 0 Å². The summed E-state index contributed by atoms with van der Waals surface area (Å²) in [5.74, 6) is 0.281. The standard InChI is InChI=1S/C24H32N2O2S/c1-18(2)15-22(24(28)25-16-20-11-7-4-8-12-20)26-23(27)21(17-29)14-13-19-9-5-3-6-10-19/h3-12,18,21-22,29H,13-17H2,1-2H3,(H,25,28)(H,26,27)/t21?,22-/m1/s1. The zero-order valence-corrected chi connectivity index (χ0v) is 18.2. The predicted molar refractivity (Wildman–Crippen MR) is 122 cm³/mol. The van der Waals surface area contributed by atoms with E-state index in [4.69, 9.17) is 0 Å². The van der Waals surface area contributed by atoms with Gasteiger partial charge in [-0.2, -0.15) is 12.6 Å². The highest BCUT2D eigenvalue weighted by Gasteiger charge is 2.25. The van der Waals surface area contributed by atoms with Gasteiger partial charge >= 0.3 is 0 Å². The third-order valence-electron chi connectivity index (χ3n) is 4.87. The molecule has 0 heterocycles. The van der Waals surface area contributed by atoms with Crippen molar-refractivity contribution in [1.82, 2.24) is 10.6 Å². The van der Waals surface area contributed by atoms with Crippen LogP contribution < -0.4 is 10.6 Å². The summed E-state index contributed by atoms with van der Waals surface area (Å²) in [6.45, 7) is 4.55. The van der Waals surface area contributed by atoms with Crippen LogP contribution in [0.5, 0.6) is 0 Å². The molecular formula is C24H32N2O2S. The highest BCUT2D eigenvalue weighted by molar-refractivity contribution is 7.80. The summed E-state index contributed by atoms with van der Waals surface area (Å²) in [6.07, 6.45) is 2.12. The summed E-state index contributed by atoms with van der Waals surface area (Å²) < 4.78 is 0. The van der Waals surface area contributed by atoms with Gasteiger partial charge in [-0.3, -0.25) is 9.59 Å². The van der Waals surface area contributed by atoms with Gasteiger partial charge in [-0.25, -0.2) is 0 Å². The van der Waals surface area contributed by atoms with Gasteiger partial charge in [0.25, 0.3) is 0 Å². The topological polar surface area (TPSA) is 58.2 Å². The van der Waals surface area contributed by atoms with E-state index in [-0.39, 0.29) is 17.7 Å². The van der Waals surface area contributed by atoms with Crippen LogP contribution in [0.2, 0.25) is 0 Å². The Hall–Kier alpha value is -2.27. The van der Waals surface area contributed by atoms with Crippen molar-refractivity contribution in [1.29, 1.82) is 0 Å². The number of hydrogen-bond acceptors (Lipinski definition) is 3. The largest absolute Gasteiger partial charge is 0.350 e. The second-order valence-corrected chi connectivity index (χ2v) is 8.16. The number of benzene rings is 2. The second-order valence-electron chi connectivity index (χ2n) is 7.80. The molecule has 0 aliphatic rings. The van der Waals surface area contributed by atoms with Crippen molar-refractivity contribution in [2.24, 2.45) is 11.8 Å². The molecule has 0 fully saturated rings. The molecule has 2 rings (SSSR count). The maximum atomic E-state index is 12.8. The van der Waals surface area contributed by atoms with E-state index < -0.39 is 6.04 Å². The quantitative estimate of drug-likeness (QED) is 0.489. The van der Waals surface area contributed by atoms with Crippen LogP contribution in [0.1, 0.15) is 37.8 Å². The van der Waals surface area contributed by atoms with E-state index >= 15 is 0 Å². The Balaban J connectivity index is 1.93. The van der Waals surface area contributed by atoms with Crippen molar-refractivity contribution >= 4 is 24.4 Å². The van der Waals surface area contributed by atoms with E-state index in [1.807, 2.05) is 48.5 Å². The van der Waals surface area contributed by atoms with Crippen LogP contribution in [0.3, 0.4) is 0 Å². The van der Waals surface area contributed by atoms with Gasteiger partial charge in [0.1, 0.15) is 6.04 Å². The van der Waals surface area contributed by atoms with Gasteiger partial charge in [0.15, 0.2) is 0 Å². The number of hydrogen-bond donors (Lipinski definition) is 3. The lowest BCUT2D eigenvalue weighted by atomic mass is 9.98. The van der Waals surface area contributed by atoms with Gasteiger partial charge in [0, 0.05) is 18.2 Å². The molecule has 0 bridgehead atoms. The molecule has 0 aromatic heterocycles. The Morgan fingerprint density at radius 3 is 2.03 bits per heavy atom. The Kier molecular flexibility index (Phi) is 9.78. The molecule has 1 unspecified atom stereocenters. The summed E-state index contributed by atoms with van der Waals surface area (Å²) in [4.78, 5) is 25.6.